The number of phenols is 1. The average molecular weight is 574 g/mol. The van der Waals surface area contributed by atoms with E-state index in [1.807, 2.05) is 24.3 Å². The lowest BCUT2D eigenvalue weighted by atomic mass is 9.88. The minimum Gasteiger partial charge on any atom is -0.508 e. The highest BCUT2D eigenvalue weighted by atomic mass is 35.5. The Balaban J connectivity index is 1.15. The number of phenolic OH excluding ortho intramolecular Hbond substituents is 1. The summed E-state index contributed by atoms with van der Waals surface area (Å²) >= 11 is 6.72. The van der Waals surface area contributed by atoms with Crippen molar-refractivity contribution in [1.82, 2.24) is 20.2 Å². The number of fused-ring (bicyclic) bond motifs is 5. The highest BCUT2D eigenvalue weighted by Crippen LogP contribution is 2.43. The normalized spacial score (nSPS) is 27.1. The number of anilines is 1. The first kappa shape index (κ1) is 26.1. The zero-order valence-electron chi connectivity index (χ0n) is 23.7. The van der Waals surface area contributed by atoms with E-state index in [4.69, 9.17) is 26.3 Å². The minimum atomic E-state index is 0.161. The highest BCUT2D eigenvalue weighted by Gasteiger charge is 2.45. The molecule has 0 amide bonds. The van der Waals surface area contributed by atoms with E-state index in [0.29, 0.717) is 36.1 Å². The van der Waals surface area contributed by atoms with Crippen LogP contribution in [0.25, 0.3) is 10.8 Å². The maximum Gasteiger partial charge on any atom is 0.316 e. The summed E-state index contributed by atoms with van der Waals surface area (Å²) in [6.07, 6.45) is 10.7. The van der Waals surface area contributed by atoms with Gasteiger partial charge in [0.05, 0.1) is 34.2 Å². The number of halogens is 1. The zero-order chi connectivity index (χ0) is 27.6. The first-order valence-electron chi connectivity index (χ1n) is 15.7. The Morgan fingerprint density at radius 3 is 2.83 bits per heavy atom. The Labute approximate surface area is 247 Å². The number of aromatic hydroxyl groups is 1. The Hall–Kier alpha value is -2.61. The molecule has 8 rings (SSSR count). The van der Waals surface area contributed by atoms with Crippen LogP contribution in [0, 0.1) is 5.92 Å². The quantitative estimate of drug-likeness (QED) is 0.399. The van der Waals surface area contributed by atoms with Crippen molar-refractivity contribution in [1.29, 1.82) is 0 Å². The van der Waals surface area contributed by atoms with E-state index < -0.39 is 0 Å². The van der Waals surface area contributed by atoms with E-state index >= 15 is 0 Å². The number of nitrogens with one attached hydrogen (secondary N) is 1. The molecule has 2 bridgehead atoms. The lowest BCUT2D eigenvalue weighted by Crippen LogP contribution is -2.43. The third-order valence-corrected chi connectivity index (χ3v) is 11.1. The van der Waals surface area contributed by atoms with Gasteiger partial charge >= 0.3 is 6.01 Å². The molecule has 3 saturated heterocycles. The van der Waals surface area contributed by atoms with Gasteiger partial charge in [0.2, 0.25) is 0 Å². The number of nitrogens with zero attached hydrogens (tertiary/aromatic N) is 4. The SMILES string of the molecule is Oc1cc(N2CCc3c(nc(OCC45CCCN4CCC5)nc3[C@H]3CCC4CN[C@H](C4)C3)C2)c2c(Cl)cccc2c1. The van der Waals surface area contributed by atoms with Crippen molar-refractivity contribution in [3.63, 3.8) is 0 Å². The molecule has 1 unspecified atom stereocenters. The molecule has 3 aromatic rings. The molecule has 1 aliphatic carbocycles. The highest BCUT2D eigenvalue weighted by molar-refractivity contribution is 6.36. The Bertz CT molecular complexity index is 1470. The van der Waals surface area contributed by atoms with Crippen molar-refractivity contribution in [2.24, 2.45) is 5.92 Å². The summed E-state index contributed by atoms with van der Waals surface area (Å²) in [7, 11) is 0. The lowest BCUT2D eigenvalue weighted by Gasteiger charge is -2.34. The molecule has 2 N–H and O–H groups in total. The molecule has 41 heavy (non-hydrogen) atoms. The first-order chi connectivity index (χ1) is 20.0. The summed E-state index contributed by atoms with van der Waals surface area (Å²) in [5.41, 5.74) is 4.72. The van der Waals surface area contributed by atoms with Gasteiger partial charge in [-0.05, 0) is 106 Å². The fraction of sp³-hybridized carbons (Fsp3) is 0.576. The summed E-state index contributed by atoms with van der Waals surface area (Å²) in [6.45, 7) is 5.71. The van der Waals surface area contributed by atoms with Gasteiger partial charge in [0.25, 0.3) is 0 Å². The van der Waals surface area contributed by atoms with Crippen LogP contribution in [0.3, 0.4) is 0 Å². The molecule has 4 aliphatic heterocycles. The Morgan fingerprint density at radius 1 is 1.07 bits per heavy atom. The predicted molar refractivity (Wildman–Crippen MR) is 162 cm³/mol. The number of benzene rings is 2. The average Bonchev–Trinajstić information content (AvgIpc) is 3.64. The van der Waals surface area contributed by atoms with Crippen molar-refractivity contribution in [2.45, 2.75) is 81.8 Å². The summed E-state index contributed by atoms with van der Waals surface area (Å²) in [5.74, 6) is 1.49. The number of ether oxygens (including phenoxy) is 1. The van der Waals surface area contributed by atoms with Gasteiger partial charge in [0, 0.05) is 30.0 Å². The predicted octanol–water partition coefficient (Wildman–Crippen LogP) is 5.80. The molecule has 5 aliphatic rings. The van der Waals surface area contributed by atoms with Gasteiger partial charge in [-0.2, -0.15) is 9.97 Å². The van der Waals surface area contributed by atoms with Crippen LogP contribution in [0.4, 0.5) is 5.69 Å². The third kappa shape index (κ3) is 4.65. The number of aromatic nitrogens is 2. The van der Waals surface area contributed by atoms with Crippen LogP contribution in [0.2, 0.25) is 5.02 Å². The topological polar surface area (TPSA) is 73.8 Å². The molecule has 216 valence electrons. The standard InChI is InChI=1S/C33H40ClN5O2/c34-27-5-1-4-22-16-25(40)17-29(30(22)27)38-13-8-26-28(19-38)36-32(41-20-33-9-2-11-39(33)12-3-10-33)37-31(26)23-7-6-21-14-24(15-23)35-18-21/h1,4-5,16-17,21,23-24,35,40H,2-3,6-15,18-20H2/t21?,23-,24+/m0/s1. The second-order valence-electron chi connectivity index (χ2n) is 13.2. The van der Waals surface area contributed by atoms with Crippen molar-refractivity contribution in [3.8, 4) is 11.8 Å². The van der Waals surface area contributed by atoms with E-state index in [0.717, 1.165) is 47.5 Å². The van der Waals surface area contributed by atoms with Crippen LogP contribution in [0.1, 0.15) is 74.2 Å². The molecule has 0 spiro atoms. The summed E-state index contributed by atoms with van der Waals surface area (Å²) in [5, 5.41) is 17.0. The largest absolute Gasteiger partial charge is 0.508 e. The molecule has 8 heteroatoms. The van der Waals surface area contributed by atoms with Gasteiger partial charge in [0.15, 0.2) is 0 Å². The van der Waals surface area contributed by atoms with Gasteiger partial charge < -0.3 is 20.1 Å². The first-order valence-corrected chi connectivity index (χ1v) is 16.1. The fourth-order valence-corrected chi connectivity index (χ4v) is 9.02. The molecule has 1 aromatic heterocycles. The maximum atomic E-state index is 10.6. The van der Waals surface area contributed by atoms with Crippen LogP contribution in [0.15, 0.2) is 30.3 Å². The van der Waals surface area contributed by atoms with Crippen LogP contribution < -0.4 is 15.0 Å². The van der Waals surface area contributed by atoms with Gasteiger partial charge in [0.1, 0.15) is 12.4 Å². The molecule has 7 nitrogen and oxygen atoms in total. The Kier molecular flexibility index (Phi) is 6.53. The fourth-order valence-electron chi connectivity index (χ4n) is 8.75. The van der Waals surface area contributed by atoms with Gasteiger partial charge in [-0.3, -0.25) is 4.90 Å². The van der Waals surface area contributed by atoms with Crippen molar-refractivity contribution < 1.29 is 9.84 Å². The van der Waals surface area contributed by atoms with Gasteiger partial charge in [-0.25, -0.2) is 0 Å². The van der Waals surface area contributed by atoms with Crippen LogP contribution in [-0.4, -0.2) is 64.3 Å². The molecular weight excluding hydrogens is 534 g/mol. The smallest absolute Gasteiger partial charge is 0.316 e. The van der Waals surface area contributed by atoms with E-state index in [9.17, 15) is 5.11 Å². The van der Waals surface area contributed by atoms with E-state index in [2.05, 4.69) is 15.1 Å². The lowest BCUT2D eigenvalue weighted by molar-refractivity contribution is 0.107. The summed E-state index contributed by atoms with van der Waals surface area (Å²) < 4.78 is 6.58. The van der Waals surface area contributed by atoms with Crippen molar-refractivity contribution in [2.75, 3.05) is 37.7 Å². The van der Waals surface area contributed by atoms with Crippen LogP contribution in [0.5, 0.6) is 11.8 Å². The van der Waals surface area contributed by atoms with E-state index in [-0.39, 0.29) is 11.3 Å². The molecule has 3 atom stereocenters. The van der Waals surface area contributed by atoms with Crippen molar-refractivity contribution in [3.05, 3.63) is 52.3 Å². The molecular formula is C33H40ClN5O2. The molecule has 1 saturated carbocycles. The Morgan fingerprint density at radius 2 is 1.95 bits per heavy atom. The number of rotatable bonds is 5. The molecule has 2 aromatic carbocycles. The zero-order valence-corrected chi connectivity index (χ0v) is 24.5. The van der Waals surface area contributed by atoms with Gasteiger partial charge in [-0.1, -0.05) is 23.7 Å². The van der Waals surface area contributed by atoms with E-state index in [1.165, 1.54) is 75.8 Å². The summed E-state index contributed by atoms with van der Waals surface area (Å²) in [4.78, 5) is 15.3. The number of hydrogen-bond donors (Lipinski definition) is 2. The van der Waals surface area contributed by atoms with Crippen molar-refractivity contribution >= 4 is 28.1 Å². The molecule has 5 heterocycles. The molecule has 0 radical (unpaired) electrons. The van der Waals surface area contributed by atoms with E-state index in [1.54, 1.807) is 6.07 Å². The maximum absolute atomic E-state index is 10.6. The minimum absolute atomic E-state index is 0.161. The monoisotopic (exact) mass is 573 g/mol. The second-order valence-corrected chi connectivity index (χ2v) is 13.6. The summed E-state index contributed by atoms with van der Waals surface area (Å²) in [6, 6.07) is 10.7. The second kappa shape index (κ2) is 10.3. The van der Waals surface area contributed by atoms with Gasteiger partial charge in [-0.15, -0.1) is 0 Å². The van der Waals surface area contributed by atoms with Crippen LogP contribution in [-0.2, 0) is 13.0 Å². The number of hydrogen-bond acceptors (Lipinski definition) is 7. The third-order valence-electron chi connectivity index (χ3n) is 10.8. The molecule has 4 fully saturated rings. The van der Waals surface area contributed by atoms with Crippen LogP contribution >= 0.6 is 11.6 Å².